The van der Waals surface area contributed by atoms with Gasteiger partial charge < -0.3 is 18.9 Å². The first-order valence-corrected chi connectivity index (χ1v) is 11.1. The average molecular weight is 435 g/mol. The average Bonchev–Trinajstić information content (AvgIpc) is 3.22. The third-order valence-electron chi connectivity index (χ3n) is 6.22. The highest BCUT2D eigenvalue weighted by molar-refractivity contribution is 5.96. The Labute approximate surface area is 189 Å². The number of carbonyl (C=O) groups excluding carboxylic acids is 1. The van der Waals surface area contributed by atoms with Gasteiger partial charge in [-0.1, -0.05) is 30.3 Å². The minimum Gasteiger partial charge on any atom is -0.481 e. The number of amides is 1. The molecule has 0 aliphatic carbocycles. The van der Waals surface area contributed by atoms with Crippen LogP contribution in [0.3, 0.4) is 0 Å². The molecule has 32 heavy (non-hydrogen) atoms. The lowest BCUT2D eigenvalue weighted by Crippen LogP contribution is -2.38. The predicted molar refractivity (Wildman–Crippen MR) is 123 cm³/mol. The lowest BCUT2D eigenvalue weighted by molar-refractivity contribution is 0.0680. The molecular formula is C25H30N4O3. The minimum absolute atomic E-state index is 0.0349. The molecule has 7 heteroatoms. The SMILES string of the molecule is COc1ccc(C(=O)N2CCC(CCn3c(C)cnc3-c3ccccc3)CC2)c(OC)n1. The van der Waals surface area contributed by atoms with Crippen molar-refractivity contribution in [3.05, 3.63) is 59.9 Å². The summed E-state index contributed by atoms with van der Waals surface area (Å²) in [5, 5.41) is 0. The van der Waals surface area contributed by atoms with Gasteiger partial charge in [0, 0.05) is 43.2 Å². The van der Waals surface area contributed by atoms with Crippen molar-refractivity contribution in [2.24, 2.45) is 5.92 Å². The molecule has 1 aliphatic heterocycles. The molecule has 0 atom stereocenters. The topological polar surface area (TPSA) is 69.5 Å². The van der Waals surface area contributed by atoms with Crippen molar-refractivity contribution in [2.75, 3.05) is 27.3 Å². The molecule has 0 N–H and O–H groups in total. The molecule has 1 amide bonds. The van der Waals surface area contributed by atoms with Gasteiger partial charge in [-0.2, -0.15) is 4.98 Å². The summed E-state index contributed by atoms with van der Waals surface area (Å²) in [6, 6.07) is 13.7. The number of piperidine rings is 1. The van der Waals surface area contributed by atoms with Gasteiger partial charge in [0.25, 0.3) is 5.91 Å². The van der Waals surface area contributed by atoms with Crippen LogP contribution in [0.1, 0.15) is 35.3 Å². The molecule has 3 heterocycles. The molecule has 7 nitrogen and oxygen atoms in total. The van der Waals surface area contributed by atoms with Gasteiger partial charge in [-0.25, -0.2) is 4.98 Å². The summed E-state index contributed by atoms with van der Waals surface area (Å²) >= 11 is 0. The van der Waals surface area contributed by atoms with Crippen molar-refractivity contribution >= 4 is 5.91 Å². The van der Waals surface area contributed by atoms with Gasteiger partial charge in [0.15, 0.2) is 0 Å². The zero-order valence-corrected chi connectivity index (χ0v) is 19.0. The van der Waals surface area contributed by atoms with E-state index in [9.17, 15) is 4.79 Å². The summed E-state index contributed by atoms with van der Waals surface area (Å²) in [7, 11) is 3.06. The number of ether oxygens (including phenoxy) is 2. The normalized spacial score (nSPS) is 14.4. The summed E-state index contributed by atoms with van der Waals surface area (Å²) < 4.78 is 12.7. The molecule has 1 saturated heterocycles. The van der Waals surface area contributed by atoms with Crippen LogP contribution >= 0.6 is 0 Å². The maximum atomic E-state index is 13.0. The quantitative estimate of drug-likeness (QED) is 0.557. The molecule has 2 aromatic heterocycles. The Bertz CT molecular complexity index is 1060. The Morgan fingerprint density at radius 2 is 1.81 bits per heavy atom. The van der Waals surface area contributed by atoms with E-state index >= 15 is 0 Å². The lowest BCUT2D eigenvalue weighted by Gasteiger charge is -2.32. The Kier molecular flexibility index (Phi) is 6.73. The highest BCUT2D eigenvalue weighted by Gasteiger charge is 2.26. The highest BCUT2D eigenvalue weighted by atomic mass is 16.5. The Hall–Kier alpha value is -3.35. The van der Waals surface area contributed by atoms with Crippen LogP contribution in [0, 0.1) is 12.8 Å². The van der Waals surface area contributed by atoms with Gasteiger partial charge in [0.05, 0.1) is 14.2 Å². The summed E-state index contributed by atoms with van der Waals surface area (Å²) in [5.41, 5.74) is 2.80. The van der Waals surface area contributed by atoms with Crippen molar-refractivity contribution in [3.63, 3.8) is 0 Å². The summed E-state index contributed by atoms with van der Waals surface area (Å²) in [5.74, 6) is 2.31. The van der Waals surface area contributed by atoms with Crippen LogP contribution in [0.2, 0.25) is 0 Å². The van der Waals surface area contributed by atoms with E-state index in [1.54, 1.807) is 19.2 Å². The molecule has 1 aromatic carbocycles. The van der Waals surface area contributed by atoms with Gasteiger partial charge >= 0.3 is 0 Å². The van der Waals surface area contributed by atoms with Crippen molar-refractivity contribution in [2.45, 2.75) is 32.7 Å². The minimum atomic E-state index is -0.0349. The number of methoxy groups -OCH3 is 2. The van der Waals surface area contributed by atoms with Crippen LogP contribution in [0.15, 0.2) is 48.7 Å². The molecule has 4 rings (SSSR count). The predicted octanol–water partition coefficient (Wildman–Crippen LogP) is 4.21. The number of benzene rings is 1. The van der Waals surface area contributed by atoms with Crippen LogP contribution < -0.4 is 9.47 Å². The number of rotatable bonds is 7. The van der Waals surface area contributed by atoms with E-state index in [1.165, 1.54) is 12.8 Å². The van der Waals surface area contributed by atoms with Crippen LogP contribution in [-0.4, -0.2) is 52.7 Å². The van der Waals surface area contributed by atoms with Crippen LogP contribution in [0.5, 0.6) is 11.8 Å². The zero-order valence-electron chi connectivity index (χ0n) is 19.0. The standard InChI is InChI=1S/C25H30N4O3/c1-18-17-26-23(20-7-5-4-6-8-20)29(18)16-13-19-11-14-28(15-12-19)25(30)21-9-10-22(31-2)27-24(21)32-3/h4-10,17,19H,11-16H2,1-3H3. The maximum absolute atomic E-state index is 13.0. The maximum Gasteiger partial charge on any atom is 0.259 e. The van der Waals surface area contributed by atoms with E-state index in [0.29, 0.717) is 23.2 Å². The van der Waals surface area contributed by atoms with Crippen LogP contribution in [0.25, 0.3) is 11.4 Å². The second-order valence-corrected chi connectivity index (χ2v) is 8.18. The molecule has 0 saturated carbocycles. The fraction of sp³-hybridized carbons (Fsp3) is 0.400. The Morgan fingerprint density at radius 1 is 1.06 bits per heavy atom. The molecule has 3 aromatic rings. The third kappa shape index (κ3) is 4.61. The van der Waals surface area contributed by atoms with Gasteiger partial charge in [0.1, 0.15) is 11.4 Å². The molecule has 0 radical (unpaired) electrons. The summed E-state index contributed by atoms with van der Waals surface area (Å²) in [6.07, 6.45) is 5.00. The number of carbonyl (C=O) groups is 1. The van der Waals surface area contributed by atoms with E-state index < -0.39 is 0 Å². The molecule has 0 spiro atoms. The number of hydrogen-bond donors (Lipinski definition) is 0. The number of aryl methyl sites for hydroxylation is 1. The first-order valence-electron chi connectivity index (χ1n) is 11.1. The van der Waals surface area contributed by atoms with Gasteiger partial charge in [-0.15, -0.1) is 0 Å². The second-order valence-electron chi connectivity index (χ2n) is 8.18. The van der Waals surface area contributed by atoms with Crippen LogP contribution in [0.4, 0.5) is 0 Å². The molecular weight excluding hydrogens is 404 g/mol. The van der Waals surface area contributed by atoms with E-state index in [0.717, 1.165) is 50.3 Å². The lowest BCUT2D eigenvalue weighted by atomic mass is 9.93. The van der Waals surface area contributed by atoms with E-state index in [1.807, 2.05) is 29.3 Å². The number of nitrogens with zero attached hydrogens (tertiary/aromatic N) is 4. The van der Waals surface area contributed by atoms with Gasteiger partial charge in [-0.3, -0.25) is 4.79 Å². The van der Waals surface area contributed by atoms with Crippen molar-refractivity contribution in [1.29, 1.82) is 0 Å². The number of aromatic nitrogens is 3. The van der Waals surface area contributed by atoms with Crippen molar-refractivity contribution in [3.8, 4) is 23.1 Å². The van der Waals surface area contributed by atoms with Gasteiger partial charge in [-0.05, 0) is 38.2 Å². The second kappa shape index (κ2) is 9.85. The Morgan fingerprint density at radius 3 is 2.50 bits per heavy atom. The van der Waals surface area contributed by atoms with E-state index in [4.69, 9.17) is 9.47 Å². The number of pyridine rings is 1. The molecule has 168 valence electrons. The molecule has 0 unspecified atom stereocenters. The first-order chi connectivity index (χ1) is 15.6. The summed E-state index contributed by atoms with van der Waals surface area (Å²) in [6.45, 7) is 4.53. The fourth-order valence-electron chi connectivity index (χ4n) is 4.32. The largest absolute Gasteiger partial charge is 0.481 e. The first kappa shape index (κ1) is 21.9. The van der Waals surface area contributed by atoms with Crippen molar-refractivity contribution in [1.82, 2.24) is 19.4 Å². The van der Waals surface area contributed by atoms with E-state index in [2.05, 4.69) is 33.6 Å². The van der Waals surface area contributed by atoms with Crippen molar-refractivity contribution < 1.29 is 14.3 Å². The van der Waals surface area contributed by atoms with Crippen LogP contribution in [-0.2, 0) is 6.54 Å². The molecule has 0 bridgehead atoms. The summed E-state index contributed by atoms with van der Waals surface area (Å²) in [4.78, 5) is 23.8. The highest BCUT2D eigenvalue weighted by Crippen LogP contribution is 2.27. The number of hydrogen-bond acceptors (Lipinski definition) is 5. The molecule has 1 fully saturated rings. The Balaban J connectivity index is 1.35. The number of likely N-dealkylation sites (tertiary alicyclic amines) is 1. The zero-order chi connectivity index (χ0) is 22.5. The van der Waals surface area contributed by atoms with E-state index in [-0.39, 0.29) is 5.91 Å². The fourth-order valence-corrected chi connectivity index (χ4v) is 4.32. The number of imidazole rings is 1. The molecule has 1 aliphatic rings. The monoisotopic (exact) mass is 434 g/mol. The van der Waals surface area contributed by atoms with Gasteiger partial charge in [0.2, 0.25) is 11.8 Å². The smallest absolute Gasteiger partial charge is 0.259 e. The third-order valence-corrected chi connectivity index (χ3v) is 6.22.